The molecule has 0 spiro atoms. The molecule has 1 unspecified atom stereocenters. The third kappa shape index (κ3) is 2.74. The fourth-order valence-corrected chi connectivity index (χ4v) is 3.38. The number of nitrogens with zero attached hydrogens (tertiary/aromatic N) is 4. The van der Waals surface area contributed by atoms with Crippen molar-refractivity contribution in [3.05, 3.63) is 54.0 Å². The normalized spacial score (nSPS) is 21.0. The lowest BCUT2D eigenvalue weighted by Gasteiger charge is -2.41. The van der Waals surface area contributed by atoms with Crippen molar-refractivity contribution in [1.82, 2.24) is 14.8 Å². The number of rotatable bonds is 2. The van der Waals surface area contributed by atoms with Crippen molar-refractivity contribution in [2.24, 2.45) is 7.05 Å². The molecule has 0 radical (unpaired) electrons. The molecule has 4 rings (SSSR count). The summed E-state index contributed by atoms with van der Waals surface area (Å²) >= 11 is 0. The molecule has 5 nitrogen and oxygen atoms in total. The second-order valence-electron chi connectivity index (χ2n) is 6.52. The second kappa shape index (κ2) is 5.77. The predicted molar refractivity (Wildman–Crippen MR) is 90.4 cm³/mol. The molecule has 3 aromatic rings. The van der Waals surface area contributed by atoms with E-state index in [0.29, 0.717) is 25.1 Å². The van der Waals surface area contributed by atoms with Gasteiger partial charge in [-0.25, -0.2) is 8.78 Å². The van der Waals surface area contributed by atoms with Gasteiger partial charge in [-0.3, -0.25) is 9.67 Å². The summed E-state index contributed by atoms with van der Waals surface area (Å²) in [6.45, 7) is 3.69. The van der Waals surface area contributed by atoms with E-state index < -0.39 is 17.2 Å². The SMILES string of the molecule is Cn1cc(C2(C)CN(c3ccnc4c(F)cc(F)cc34)CCO2)cn1. The molecule has 0 saturated carbocycles. The highest BCUT2D eigenvalue weighted by Crippen LogP contribution is 2.34. The minimum Gasteiger partial charge on any atom is -0.367 e. The van der Waals surface area contributed by atoms with Crippen LogP contribution in [-0.4, -0.2) is 34.5 Å². The van der Waals surface area contributed by atoms with E-state index in [2.05, 4.69) is 15.0 Å². The lowest BCUT2D eigenvalue weighted by atomic mass is 9.96. The van der Waals surface area contributed by atoms with E-state index >= 15 is 0 Å². The molecule has 2 aromatic heterocycles. The van der Waals surface area contributed by atoms with Crippen molar-refractivity contribution < 1.29 is 13.5 Å². The molecule has 1 saturated heterocycles. The van der Waals surface area contributed by atoms with Crippen molar-refractivity contribution in [2.75, 3.05) is 24.6 Å². The lowest BCUT2D eigenvalue weighted by molar-refractivity contribution is -0.0465. The van der Waals surface area contributed by atoms with Gasteiger partial charge in [-0.05, 0) is 19.1 Å². The molecule has 0 aliphatic carbocycles. The Morgan fingerprint density at radius 1 is 1.28 bits per heavy atom. The van der Waals surface area contributed by atoms with Crippen LogP contribution >= 0.6 is 0 Å². The summed E-state index contributed by atoms with van der Waals surface area (Å²) in [5, 5.41) is 4.68. The van der Waals surface area contributed by atoms with Crippen molar-refractivity contribution in [2.45, 2.75) is 12.5 Å². The number of benzene rings is 1. The lowest BCUT2D eigenvalue weighted by Crippen LogP contribution is -2.48. The van der Waals surface area contributed by atoms with E-state index in [9.17, 15) is 8.78 Å². The summed E-state index contributed by atoms with van der Waals surface area (Å²) in [5.74, 6) is -1.26. The largest absolute Gasteiger partial charge is 0.367 e. The third-order valence-electron chi connectivity index (χ3n) is 4.67. The Bertz CT molecular complexity index is 942. The minimum atomic E-state index is -0.653. The Labute approximate surface area is 143 Å². The highest BCUT2D eigenvalue weighted by atomic mass is 19.1. The van der Waals surface area contributed by atoms with Crippen LogP contribution in [0.2, 0.25) is 0 Å². The van der Waals surface area contributed by atoms with Crippen molar-refractivity contribution >= 4 is 16.6 Å². The smallest absolute Gasteiger partial charge is 0.152 e. The third-order valence-corrected chi connectivity index (χ3v) is 4.67. The van der Waals surface area contributed by atoms with Gasteiger partial charge in [0.25, 0.3) is 0 Å². The molecule has 1 aromatic carbocycles. The topological polar surface area (TPSA) is 43.2 Å². The average Bonchev–Trinajstić information content (AvgIpc) is 3.02. The number of pyridine rings is 1. The number of anilines is 1. The standard InChI is InChI=1S/C18H18F2N4O/c1-18(12-9-22-23(2)10-12)11-24(5-6-25-18)16-3-4-21-17-14(16)7-13(19)8-15(17)20/h3-4,7-10H,5-6,11H2,1-2H3. The van der Waals surface area contributed by atoms with Gasteiger partial charge in [-0.1, -0.05) is 0 Å². The number of fused-ring (bicyclic) bond motifs is 1. The van der Waals surface area contributed by atoms with Gasteiger partial charge in [-0.2, -0.15) is 5.10 Å². The Kier molecular flexibility index (Phi) is 3.68. The first kappa shape index (κ1) is 16.0. The summed E-state index contributed by atoms with van der Waals surface area (Å²) in [5.41, 5.74) is 1.35. The van der Waals surface area contributed by atoms with E-state index in [0.717, 1.165) is 17.3 Å². The number of morpholine rings is 1. The second-order valence-corrected chi connectivity index (χ2v) is 6.52. The van der Waals surface area contributed by atoms with Crippen LogP contribution in [0.3, 0.4) is 0 Å². The van der Waals surface area contributed by atoms with Gasteiger partial charge < -0.3 is 9.64 Å². The number of aryl methyl sites for hydroxylation is 1. The molecule has 7 heteroatoms. The molecule has 0 bridgehead atoms. The first-order valence-corrected chi connectivity index (χ1v) is 8.08. The van der Waals surface area contributed by atoms with E-state index in [1.54, 1.807) is 23.1 Å². The summed E-state index contributed by atoms with van der Waals surface area (Å²) in [6, 6.07) is 3.98. The maximum Gasteiger partial charge on any atom is 0.152 e. The van der Waals surface area contributed by atoms with E-state index in [4.69, 9.17) is 4.74 Å². The van der Waals surface area contributed by atoms with Gasteiger partial charge in [0.15, 0.2) is 5.82 Å². The van der Waals surface area contributed by atoms with E-state index in [-0.39, 0.29) is 5.52 Å². The van der Waals surface area contributed by atoms with Crippen molar-refractivity contribution in [3.63, 3.8) is 0 Å². The Morgan fingerprint density at radius 2 is 2.12 bits per heavy atom. The van der Waals surface area contributed by atoms with Gasteiger partial charge in [0.05, 0.1) is 19.3 Å². The first-order chi connectivity index (χ1) is 12.0. The molecule has 0 amide bonds. The number of ether oxygens (including phenoxy) is 1. The van der Waals surface area contributed by atoms with Gasteiger partial charge >= 0.3 is 0 Å². The summed E-state index contributed by atoms with van der Waals surface area (Å²) in [4.78, 5) is 6.15. The molecule has 3 heterocycles. The van der Waals surface area contributed by atoms with Crippen molar-refractivity contribution in [3.8, 4) is 0 Å². The molecule has 1 aliphatic rings. The molecule has 25 heavy (non-hydrogen) atoms. The quantitative estimate of drug-likeness (QED) is 0.717. The molecule has 130 valence electrons. The zero-order valence-electron chi connectivity index (χ0n) is 14.0. The molecule has 1 fully saturated rings. The Balaban J connectivity index is 1.76. The van der Waals surface area contributed by atoms with E-state index in [1.165, 1.54) is 6.07 Å². The molecule has 1 atom stereocenters. The number of hydrogen-bond acceptors (Lipinski definition) is 4. The molecule has 0 N–H and O–H groups in total. The molecular formula is C18H18F2N4O. The number of halogens is 2. The Hall–Kier alpha value is -2.54. The van der Waals surface area contributed by atoms with Gasteiger partial charge in [0, 0.05) is 48.7 Å². The van der Waals surface area contributed by atoms with Crippen LogP contribution in [-0.2, 0) is 17.4 Å². The van der Waals surface area contributed by atoms with Crippen LogP contribution < -0.4 is 4.90 Å². The highest BCUT2D eigenvalue weighted by Gasteiger charge is 2.35. The summed E-state index contributed by atoms with van der Waals surface area (Å²) < 4.78 is 35.5. The average molecular weight is 344 g/mol. The summed E-state index contributed by atoms with van der Waals surface area (Å²) in [7, 11) is 1.86. The number of hydrogen-bond donors (Lipinski definition) is 0. The van der Waals surface area contributed by atoms with Crippen LogP contribution in [0, 0.1) is 11.6 Å². The van der Waals surface area contributed by atoms with Crippen LogP contribution in [0.25, 0.3) is 10.9 Å². The fourth-order valence-electron chi connectivity index (χ4n) is 3.38. The Morgan fingerprint density at radius 3 is 2.88 bits per heavy atom. The van der Waals surface area contributed by atoms with Gasteiger partial charge in [-0.15, -0.1) is 0 Å². The van der Waals surface area contributed by atoms with Crippen molar-refractivity contribution in [1.29, 1.82) is 0 Å². The maximum absolute atomic E-state index is 14.1. The number of aromatic nitrogens is 3. The molecule has 1 aliphatic heterocycles. The van der Waals surface area contributed by atoms with Gasteiger partial charge in [0.1, 0.15) is 16.9 Å². The van der Waals surface area contributed by atoms with Crippen LogP contribution in [0.15, 0.2) is 36.8 Å². The van der Waals surface area contributed by atoms with E-state index in [1.807, 2.05) is 20.2 Å². The summed E-state index contributed by atoms with van der Waals surface area (Å²) in [6.07, 6.45) is 5.26. The zero-order valence-corrected chi connectivity index (χ0v) is 14.0. The van der Waals surface area contributed by atoms with Gasteiger partial charge in [0.2, 0.25) is 0 Å². The maximum atomic E-state index is 14.1. The van der Waals surface area contributed by atoms with Crippen LogP contribution in [0.5, 0.6) is 0 Å². The predicted octanol–water partition coefficient (Wildman–Crippen LogP) is 3.00. The first-order valence-electron chi connectivity index (χ1n) is 8.08. The van der Waals surface area contributed by atoms with Crippen LogP contribution in [0.1, 0.15) is 12.5 Å². The highest BCUT2D eigenvalue weighted by molar-refractivity contribution is 5.92. The zero-order chi connectivity index (χ0) is 17.6. The monoisotopic (exact) mass is 344 g/mol. The molecular weight excluding hydrogens is 326 g/mol. The fraction of sp³-hybridized carbons (Fsp3) is 0.333. The van der Waals surface area contributed by atoms with Crippen LogP contribution in [0.4, 0.5) is 14.5 Å². The minimum absolute atomic E-state index is 0.175.